The SMILES string of the molecule is O=C(c1ccccc1)N1CCC(CCNS(=O)(=O)c2ccc(F)c(Cl)c2)CC1. The molecule has 1 fully saturated rings. The number of likely N-dealkylation sites (tertiary alicyclic amines) is 1. The number of benzene rings is 2. The molecular formula is C20H22ClFN2O3S. The van der Waals surface area contributed by atoms with Crippen LogP contribution in [0.5, 0.6) is 0 Å². The number of nitrogens with zero attached hydrogens (tertiary/aromatic N) is 1. The van der Waals surface area contributed by atoms with Gasteiger partial charge in [0.15, 0.2) is 0 Å². The minimum atomic E-state index is -3.73. The molecule has 1 heterocycles. The van der Waals surface area contributed by atoms with Crippen LogP contribution in [0.25, 0.3) is 0 Å². The number of hydrogen-bond donors (Lipinski definition) is 1. The van der Waals surface area contributed by atoms with E-state index in [2.05, 4.69) is 4.72 Å². The minimum absolute atomic E-state index is 0.0351. The second-order valence-electron chi connectivity index (χ2n) is 6.86. The van der Waals surface area contributed by atoms with E-state index in [9.17, 15) is 17.6 Å². The van der Waals surface area contributed by atoms with Crippen LogP contribution >= 0.6 is 11.6 Å². The van der Waals surface area contributed by atoms with Gasteiger partial charge in [0.2, 0.25) is 10.0 Å². The van der Waals surface area contributed by atoms with Gasteiger partial charge in [0.05, 0.1) is 9.92 Å². The highest BCUT2D eigenvalue weighted by Crippen LogP contribution is 2.23. The van der Waals surface area contributed by atoms with Gasteiger partial charge in [-0.1, -0.05) is 29.8 Å². The van der Waals surface area contributed by atoms with Gasteiger partial charge in [-0.15, -0.1) is 0 Å². The smallest absolute Gasteiger partial charge is 0.253 e. The van der Waals surface area contributed by atoms with E-state index in [0.29, 0.717) is 31.0 Å². The first-order chi connectivity index (χ1) is 13.4. The Labute approximate surface area is 169 Å². The Balaban J connectivity index is 1.46. The molecular weight excluding hydrogens is 403 g/mol. The van der Waals surface area contributed by atoms with Crippen molar-refractivity contribution in [1.82, 2.24) is 9.62 Å². The summed E-state index contributed by atoms with van der Waals surface area (Å²) >= 11 is 5.66. The lowest BCUT2D eigenvalue weighted by atomic mass is 9.93. The topological polar surface area (TPSA) is 66.5 Å². The average Bonchev–Trinajstić information content (AvgIpc) is 2.70. The normalized spacial score (nSPS) is 15.6. The fourth-order valence-corrected chi connectivity index (χ4v) is 4.63. The van der Waals surface area contributed by atoms with Crippen LogP contribution in [0.15, 0.2) is 53.4 Å². The van der Waals surface area contributed by atoms with Crippen LogP contribution in [-0.2, 0) is 10.0 Å². The maximum absolute atomic E-state index is 13.2. The molecule has 5 nitrogen and oxygen atoms in total. The van der Waals surface area contributed by atoms with Crippen LogP contribution in [0, 0.1) is 11.7 Å². The molecule has 0 aliphatic carbocycles. The predicted octanol–water partition coefficient (Wildman–Crippen LogP) is 3.70. The quantitative estimate of drug-likeness (QED) is 0.768. The summed E-state index contributed by atoms with van der Waals surface area (Å²) in [6, 6.07) is 12.5. The Morgan fingerprint density at radius 2 is 1.82 bits per heavy atom. The van der Waals surface area contributed by atoms with Gasteiger partial charge in [-0.3, -0.25) is 4.79 Å². The molecule has 0 bridgehead atoms. The minimum Gasteiger partial charge on any atom is -0.339 e. The van der Waals surface area contributed by atoms with Crippen molar-refractivity contribution in [2.45, 2.75) is 24.2 Å². The number of halogens is 2. The molecule has 1 amide bonds. The number of carbonyl (C=O) groups is 1. The van der Waals surface area contributed by atoms with Crippen LogP contribution in [0.2, 0.25) is 5.02 Å². The number of piperidine rings is 1. The predicted molar refractivity (Wildman–Crippen MR) is 106 cm³/mol. The molecule has 1 saturated heterocycles. The molecule has 0 aromatic heterocycles. The van der Waals surface area contributed by atoms with Crippen LogP contribution < -0.4 is 4.72 Å². The number of carbonyl (C=O) groups excluding carboxylic acids is 1. The molecule has 2 aromatic carbocycles. The number of nitrogens with one attached hydrogen (secondary N) is 1. The van der Waals surface area contributed by atoms with Crippen LogP contribution in [0.3, 0.4) is 0 Å². The zero-order valence-corrected chi connectivity index (χ0v) is 16.8. The van der Waals surface area contributed by atoms with Crippen LogP contribution in [-0.4, -0.2) is 38.9 Å². The summed E-state index contributed by atoms with van der Waals surface area (Å²) in [6.45, 7) is 1.62. The number of sulfonamides is 1. The van der Waals surface area contributed by atoms with Gasteiger partial charge in [0.25, 0.3) is 5.91 Å². The highest BCUT2D eigenvalue weighted by molar-refractivity contribution is 7.89. The van der Waals surface area contributed by atoms with E-state index in [0.717, 1.165) is 25.0 Å². The third-order valence-electron chi connectivity index (χ3n) is 4.97. The van der Waals surface area contributed by atoms with Crippen molar-refractivity contribution in [2.75, 3.05) is 19.6 Å². The molecule has 0 saturated carbocycles. The van der Waals surface area contributed by atoms with Gasteiger partial charge in [-0.25, -0.2) is 17.5 Å². The lowest BCUT2D eigenvalue weighted by molar-refractivity contribution is 0.0687. The van der Waals surface area contributed by atoms with Gasteiger partial charge in [0.1, 0.15) is 5.82 Å². The van der Waals surface area contributed by atoms with Crippen molar-refractivity contribution in [3.05, 3.63) is 64.9 Å². The second kappa shape index (κ2) is 9.03. The van der Waals surface area contributed by atoms with E-state index in [1.54, 1.807) is 0 Å². The summed E-state index contributed by atoms with van der Waals surface area (Å²) in [5.74, 6) is -0.273. The molecule has 3 rings (SSSR count). The van der Waals surface area contributed by atoms with E-state index >= 15 is 0 Å². The fraction of sp³-hybridized carbons (Fsp3) is 0.350. The van der Waals surface area contributed by atoms with Crippen molar-refractivity contribution in [1.29, 1.82) is 0 Å². The summed E-state index contributed by atoms with van der Waals surface area (Å²) in [5, 5.41) is -0.224. The fourth-order valence-electron chi connectivity index (χ4n) is 3.31. The molecule has 1 N–H and O–H groups in total. The maximum Gasteiger partial charge on any atom is 0.253 e. The molecule has 1 aliphatic rings. The van der Waals surface area contributed by atoms with Crippen LogP contribution in [0.1, 0.15) is 29.6 Å². The molecule has 150 valence electrons. The Bertz CT molecular complexity index is 930. The van der Waals surface area contributed by atoms with Crippen LogP contribution in [0.4, 0.5) is 4.39 Å². The Morgan fingerprint density at radius 3 is 2.46 bits per heavy atom. The first kappa shape index (κ1) is 20.8. The van der Waals surface area contributed by atoms with Gasteiger partial charge in [-0.2, -0.15) is 0 Å². The molecule has 2 aromatic rings. The van der Waals surface area contributed by atoms with E-state index in [-0.39, 0.29) is 22.4 Å². The highest BCUT2D eigenvalue weighted by atomic mass is 35.5. The van der Waals surface area contributed by atoms with E-state index < -0.39 is 15.8 Å². The van der Waals surface area contributed by atoms with Gasteiger partial charge >= 0.3 is 0 Å². The third-order valence-corrected chi connectivity index (χ3v) is 6.72. The molecule has 0 spiro atoms. The van der Waals surface area contributed by atoms with Crippen molar-refractivity contribution in [3.8, 4) is 0 Å². The standard InChI is InChI=1S/C20H22ClFN2O3S/c21-18-14-17(6-7-19(18)22)28(26,27)23-11-8-15-9-12-24(13-10-15)20(25)16-4-2-1-3-5-16/h1-7,14-15,23H,8-13H2. The van der Waals surface area contributed by atoms with Gasteiger partial charge < -0.3 is 4.90 Å². The maximum atomic E-state index is 13.2. The van der Waals surface area contributed by atoms with Crippen molar-refractivity contribution < 1.29 is 17.6 Å². The molecule has 28 heavy (non-hydrogen) atoms. The lowest BCUT2D eigenvalue weighted by Gasteiger charge is -2.32. The van der Waals surface area contributed by atoms with Gasteiger partial charge in [-0.05, 0) is 55.5 Å². The molecule has 0 atom stereocenters. The zero-order valence-electron chi connectivity index (χ0n) is 15.3. The number of rotatable bonds is 6. The summed E-state index contributed by atoms with van der Waals surface area (Å²) in [5.41, 5.74) is 0.687. The molecule has 0 unspecified atom stereocenters. The van der Waals surface area contributed by atoms with E-state index in [1.807, 2.05) is 35.2 Å². The summed E-state index contributed by atoms with van der Waals surface area (Å²) in [6.07, 6.45) is 2.35. The monoisotopic (exact) mass is 424 g/mol. The molecule has 0 radical (unpaired) electrons. The van der Waals surface area contributed by atoms with Crippen molar-refractivity contribution in [2.24, 2.45) is 5.92 Å². The molecule has 8 heteroatoms. The Hall–Kier alpha value is -1.96. The first-order valence-corrected chi connectivity index (χ1v) is 11.0. The third kappa shape index (κ3) is 5.10. The largest absolute Gasteiger partial charge is 0.339 e. The molecule has 1 aliphatic heterocycles. The second-order valence-corrected chi connectivity index (χ2v) is 9.04. The average molecular weight is 425 g/mol. The lowest BCUT2D eigenvalue weighted by Crippen LogP contribution is -2.39. The zero-order chi connectivity index (χ0) is 20.1. The van der Waals surface area contributed by atoms with E-state index in [1.165, 1.54) is 6.07 Å². The number of amides is 1. The first-order valence-electron chi connectivity index (χ1n) is 9.16. The Kier molecular flexibility index (Phi) is 6.69. The van der Waals surface area contributed by atoms with E-state index in [4.69, 9.17) is 11.6 Å². The summed E-state index contributed by atoms with van der Waals surface area (Å²) in [7, 11) is -3.73. The van der Waals surface area contributed by atoms with Crippen molar-refractivity contribution >= 4 is 27.5 Å². The highest BCUT2D eigenvalue weighted by Gasteiger charge is 2.24. The summed E-state index contributed by atoms with van der Waals surface area (Å²) in [4.78, 5) is 14.2. The van der Waals surface area contributed by atoms with Crippen molar-refractivity contribution in [3.63, 3.8) is 0 Å². The summed E-state index contributed by atoms with van der Waals surface area (Å²) < 4.78 is 40.3. The van der Waals surface area contributed by atoms with Gasteiger partial charge in [0, 0.05) is 25.2 Å². The Morgan fingerprint density at radius 1 is 1.14 bits per heavy atom. The number of hydrogen-bond acceptors (Lipinski definition) is 3.